The molecule has 3 heterocycles. The van der Waals surface area contributed by atoms with Crippen molar-refractivity contribution in [1.82, 2.24) is 19.6 Å². The zero-order chi connectivity index (χ0) is 18.2. The van der Waals surface area contributed by atoms with Gasteiger partial charge in [-0.25, -0.2) is 0 Å². The van der Waals surface area contributed by atoms with Gasteiger partial charge in [-0.15, -0.1) is 0 Å². The summed E-state index contributed by atoms with van der Waals surface area (Å²) in [6.07, 6.45) is 3.98. The number of carboxylic acids is 2. The summed E-state index contributed by atoms with van der Waals surface area (Å²) in [4.78, 5) is 27.4. The summed E-state index contributed by atoms with van der Waals surface area (Å²) in [5.74, 6) is -1.70. The molecule has 2 aliphatic rings. The molecule has 0 unspecified atom stereocenters. The number of piperidine rings is 2. The molecule has 2 aliphatic heterocycles. The number of aromatic nitrogens is 2. The highest BCUT2D eigenvalue weighted by Crippen LogP contribution is 2.42. The van der Waals surface area contributed by atoms with Crippen LogP contribution in [-0.2, 0) is 23.2 Å². The SMILES string of the molecule is Cc1nn(C)cc1CN1CC[C@@H]2N(CC(=O)O)CCC[C@@]2(C(=O)O)C1. The van der Waals surface area contributed by atoms with Gasteiger partial charge in [-0.2, -0.15) is 5.10 Å². The number of aliphatic carboxylic acids is 2. The topological polar surface area (TPSA) is 98.9 Å². The fourth-order valence-corrected chi connectivity index (χ4v) is 4.56. The smallest absolute Gasteiger partial charge is 0.317 e. The van der Waals surface area contributed by atoms with Crippen molar-refractivity contribution in [3.05, 3.63) is 17.5 Å². The van der Waals surface area contributed by atoms with Crippen molar-refractivity contribution < 1.29 is 19.8 Å². The van der Waals surface area contributed by atoms with E-state index in [1.807, 2.05) is 25.1 Å². The van der Waals surface area contributed by atoms with E-state index < -0.39 is 17.4 Å². The van der Waals surface area contributed by atoms with Gasteiger partial charge >= 0.3 is 11.9 Å². The van der Waals surface area contributed by atoms with E-state index in [0.29, 0.717) is 32.5 Å². The summed E-state index contributed by atoms with van der Waals surface area (Å²) in [6, 6.07) is -0.207. The molecule has 2 atom stereocenters. The molecule has 2 N–H and O–H groups in total. The fraction of sp³-hybridized carbons (Fsp3) is 0.706. The zero-order valence-corrected chi connectivity index (χ0v) is 14.8. The highest BCUT2D eigenvalue weighted by molar-refractivity contribution is 5.77. The predicted molar refractivity (Wildman–Crippen MR) is 90.1 cm³/mol. The number of likely N-dealkylation sites (tertiary alicyclic amines) is 2. The van der Waals surface area contributed by atoms with Gasteiger partial charge in [0.2, 0.25) is 0 Å². The van der Waals surface area contributed by atoms with Crippen molar-refractivity contribution in [2.75, 3.05) is 26.2 Å². The van der Waals surface area contributed by atoms with Gasteiger partial charge < -0.3 is 10.2 Å². The van der Waals surface area contributed by atoms with Crippen LogP contribution in [0.3, 0.4) is 0 Å². The van der Waals surface area contributed by atoms with Crippen LogP contribution < -0.4 is 0 Å². The van der Waals surface area contributed by atoms with Crippen molar-refractivity contribution in [2.24, 2.45) is 12.5 Å². The van der Waals surface area contributed by atoms with Gasteiger partial charge in [-0.3, -0.25) is 24.1 Å². The van der Waals surface area contributed by atoms with E-state index >= 15 is 0 Å². The Bertz CT molecular complexity index is 674. The fourth-order valence-electron chi connectivity index (χ4n) is 4.56. The number of aryl methyl sites for hydroxylation is 2. The zero-order valence-electron chi connectivity index (χ0n) is 14.8. The number of hydrogen-bond acceptors (Lipinski definition) is 5. The number of fused-ring (bicyclic) bond motifs is 1. The molecule has 8 nitrogen and oxygen atoms in total. The van der Waals surface area contributed by atoms with E-state index in [4.69, 9.17) is 5.11 Å². The molecule has 1 aromatic rings. The molecule has 138 valence electrons. The van der Waals surface area contributed by atoms with Crippen LogP contribution in [0.4, 0.5) is 0 Å². The molecule has 0 bridgehead atoms. The van der Waals surface area contributed by atoms with Crippen LogP contribution in [0, 0.1) is 12.3 Å². The minimum absolute atomic E-state index is 0.0819. The lowest BCUT2D eigenvalue weighted by Gasteiger charge is -2.52. The highest BCUT2D eigenvalue weighted by atomic mass is 16.4. The van der Waals surface area contributed by atoms with Gasteiger partial charge in [0.25, 0.3) is 0 Å². The lowest BCUT2D eigenvalue weighted by Crippen LogP contribution is -2.64. The number of nitrogens with zero attached hydrogens (tertiary/aromatic N) is 4. The van der Waals surface area contributed by atoms with Crippen LogP contribution >= 0.6 is 0 Å². The third-order valence-corrected chi connectivity index (χ3v) is 5.64. The standard InChI is InChI=1S/C17H26N4O4/c1-12-13(8-19(2)18-12)9-20-7-4-14-17(11-20,16(24)25)5-3-6-21(14)10-15(22)23/h8,14H,3-7,9-11H2,1-2H3,(H,22,23)(H,24,25)/t14-,17+/m0/s1. The summed E-state index contributed by atoms with van der Waals surface area (Å²) in [6.45, 7) is 4.45. The summed E-state index contributed by atoms with van der Waals surface area (Å²) < 4.78 is 1.78. The second kappa shape index (κ2) is 6.76. The molecule has 0 radical (unpaired) electrons. The van der Waals surface area contributed by atoms with Crippen molar-refractivity contribution in [3.8, 4) is 0 Å². The maximum Gasteiger partial charge on any atom is 0.317 e. The Labute approximate surface area is 147 Å². The highest BCUT2D eigenvalue weighted by Gasteiger charge is 2.53. The summed E-state index contributed by atoms with van der Waals surface area (Å²) in [5, 5.41) is 23.5. The van der Waals surface area contributed by atoms with E-state index in [-0.39, 0.29) is 12.6 Å². The average Bonchev–Trinajstić information content (AvgIpc) is 2.84. The maximum absolute atomic E-state index is 12.2. The molecule has 0 aromatic carbocycles. The first-order valence-corrected chi connectivity index (χ1v) is 8.72. The van der Waals surface area contributed by atoms with Crippen LogP contribution in [0.5, 0.6) is 0 Å². The first kappa shape index (κ1) is 17.9. The Morgan fingerprint density at radius 3 is 2.72 bits per heavy atom. The Balaban J connectivity index is 1.80. The Hall–Kier alpha value is -1.93. The third-order valence-electron chi connectivity index (χ3n) is 5.64. The lowest BCUT2D eigenvalue weighted by molar-refractivity contribution is -0.166. The van der Waals surface area contributed by atoms with E-state index in [0.717, 1.165) is 24.2 Å². The predicted octanol–water partition coefficient (Wildman–Crippen LogP) is 0.554. The average molecular weight is 350 g/mol. The van der Waals surface area contributed by atoms with Crippen LogP contribution in [0.25, 0.3) is 0 Å². The summed E-state index contributed by atoms with van der Waals surface area (Å²) >= 11 is 0. The number of carboxylic acid groups (broad SMARTS) is 2. The van der Waals surface area contributed by atoms with Gasteiger partial charge in [-0.05, 0) is 32.7 Å². The molecule has 0 saturated carbocycles. The monoisotopic (exact) mass is 350 g/mol. The largest absolute Gasteiger partial charge is 0.481 e. The summed E-state index contributed by atoms with van der Waals surface area (Å²) in [5.41, 5.74) is 1.19. The lowest BCUT2D eigenvalue weighted by atomic mass is 9.69. The number of rotatable bonds is 5. The molecule has 2 saturated heterocycles. The Morgan fingerprint density at radius 2 is 2.12 bits per heavy atom. The molecule has 25 heavy (non-hydrogen) atoms. The van der Waals surface area contributed by atoms with Gasteiger partial charge in [-0.1, -0.05) is 0 Å². The first-order chi connectivity index (χ1) is 11.8. The Morgan fingerprint density at radius 1 is 1.36 bits per heavy atom. The molecule has 0 spiro atoms. The molecule has 0 aliphatic carbocycles. The quantitative estimate of drug-likeness (QED) is 0.800. The summed E-state index contributed by atoms with van der Waals surface area (Å²) in [7, 11) is 1.88. The Kier molecular flexibility index (Phi) is 4.83. The van der Waals surface area contributed by atoms with Gasteiger partial charge in [0, 0.05) is 44.5 Å². The second-order valence-electron chi connectivity index (χ2n) is 7.36. The van der Waals surface area contributed by atoms with Crippen molar-refractivity contribution in [2.45, 2.75) is 38.8 Å². The minimum atomic E-state index is -0.894. The molecule has 0 amide bonds. The molecular formula is C17H26N4O4. The molecule has 1 aromatic heterocycles. The van der Waals surface area contributed by atoms with Crippen LogP contribution in [0.1, 0.15) is 30.5 Å². The van der Waals surface area contributed by atoms with Crippen molar-refractivity contribution in [1.29, 1.82) is 0 Å². The molecule has 3 rings (SSSR count). The van der Waals surface area contributed by atoms with Gasteiger partial charge in [0.05, 0.1) is 17.7 Å². The van der Waals surface area contributed by atoms with Crippen LogP contribution in [0.15, 0.2) is 6.20 Å². The van der Waals surface area contributed by atoms with E-state index in [2.05, 4.69) is 10.00 Å². The van der Waals surface area contributed by atoms with E-state index in [9.17, 15) is 14.7 Å². The van der Waals surface area contributed by atoms with Crippen molar-refractivity contribution in [3.63, 3.8) is 0 Å². The van der Waals surface area contributed by atoms with E-state index in [1.54, 1.807) is 4.68 Å². The van der Waals surface area contributed by atoms with Crippen LogP contribution in [0.2, 0.25) is 0 Å². The second-order valence-corrected chi connectivity index (χ2v) is 7.36. The molecule has 2 fully saturated rings. The molecule has 8 heteroatoms. The minimum Gasteiger partial charge on any atom is -0.481 e. The molecular weight excluding hydrogens is 324 g/mol. The van der Waals surface area contributed by atoms with Gasteiger partial charge in [0.1, 0.15) is 0 Å². The maximum atomic E-state index is 12.2. The van der Waals surface area contributed by atoms with E-state index in [1.165, 1.54) is 0 Å². The van der Waals surface area contributed by atoms with Gasteiger partial charge in [0.15, 0.2) is 0 Å². The van der Waals surface area contributed by atoms with Crippen molar-refractivity contribution >= 4 is 11.9 Å². The normalized spacial score (nSPS) is 27.8. The number of carbonyl (C=O) groups is 2. The third kappa shape index (κ3) is 3.41. The first-order valence-electron chi connectivity index (χ1n) is 8.72. The number of hydrogen-bond donors (Lipinski definition) is 2. The van der Waals surface area contributed by atoms with Crippen LogP contribution in [-0.4, -0.2) is 74.0 Å².